The second kappa shape index (κ2) is 16.9. The molecule has 2 aliphatic carbocycles. The molecule has 16 rings (SSSR count). The van der Waals surface area contributed by atoms with Gasteiger partial charge >= 0.3 is 0 Å². The number of benzene rings is 12. The normalized spacial score (nSPS) is 12.8. The predicted molar refractivity (Wildman–Crippen MR) is 321 cm³/mol. The maximum Gasteiger partial charge on any atom is 0.0727 e. The number of nitrogens with zero attached hydrogens (tertiary/aromatic N) is 4. The number of fused-ring (bicyclic) bond motifs is 16. The fourth-order valence-electron chi connectivity index (χ4n) is 13.3. The highest BCUT2D eigenvalue weighted by atomic mass is 15.2. The van der Waals surface area contributed by atoms with Crippen LogP contribution in [0.15, 0.2) is 291 Å². The standard InChI is InChI=1S/C73H48N4/c1-5-21-49(22-6-1)74(55-39-43-63-61-31-15-19-35-69(61)76(71(63)47-55)51-25-9-3-10-26-51)53-37-41-59-60-42-38-54(46-68(60)73(67(59)45-53)65-33-17-13-29-57(65)58-30-14-18-34-66(58)73)75(50-23-7-2-8-24-50)56-40-44-64-62-32-16-20-36-70(62)77(72(64)48-56)52-27-11-4-12-28-52/h1-48H. The molecule has 360 valence electrons. The van der Waals surface area contributed by atoms with Crippen LogP contribution in [0.5, 0.6) is 0 Å². The smallest absolute Gasteiger partial charge is 0.0727 e. The molecule has 0 N–H and O–H groups in total. The van der Waals surface area contributed by atoms with Gasteiger partial charge in [-0.1, -0.05) is 182 Å². The van der Waals surface area contributed by atoms with Crippen molar-refractivity contribution in [1.29, 1.82) is 0 Å². The van der Waals surface area contributed by atoms with Crippen molar-refractivity contribution in [1.82, 2.24) is 9.13 Å². The van der Waals surface area contributed by atoms with E-state index in [-0.39, 0.29) is 0 Å². The number of hydrogen-bond acceptors (Lipinski definition) is 2. The Kier molecular flexibility index (Phi) is 9.52. The van der Waals surface area contributed by atoms with Crippen molar-refractivity contribution in [2.75, 3.05) is 9.80 Å². The van der Waals surface area contributed by atoms with E-state index in [0.29, 0.717) is 0 Å². The number of hydrogen-bond donors (Lipinski definition) is 0. The monoisotopic (exact) mass is 980 g/mol. The van der Waals surface area contributed by atoms with Gasteiger partial charge in [-0.25, -0.2) is 0 Å². The van der Waals surface area contributed by atoms with E-state index in [9.17, 15) is 0 Å². The molecule has 2 heterocycles. The fraction of sp³-hybridized carbons (Fsp3) is 0.0137. The van der Waals surface area contributed by atoms with Crippen LogP contribution in [-0.4, -0.2) is 9.13 Å². The first-order valence-corrected chi connectivity index (χ1v) is 26.6. The second-order valence-corrected chi connectivity index (χ2v) is 20.4. The van der Waals surface area contributed by atoms with Crippen molar-refractivity contribution >= 4 is 77.7 Å². The molecule has 0 aliphatic heterocycles. The molecule has 12 aromatic carbocycles. The molecule has 1 spiro atoms. The van der Waals surface area contributed by atoms with E-state index in [2.05, 4.69) is 310 Å². The zero-order valence-electron chi connectivity index (χ0n) is 42.0. The van der Waals surface area contributed by atoms with E-state index in [4.69, 9.17) is 0 Å². The van der Waals surface area contributed by atoms with Crippen molar-refractivity contribution in [3.05, 3.63) is 313 Å². The van der Waals surface area contributed by atoms with Crippen LogP contribution in [0.1, 0.15) is 22.3 Å². The van der Waals surface area contributed by atoms with Crippen molar-refractivity contribution in [3.63, 3.8) is 0 Å². The Labute approximate surface area is 446 Å². The minimum absolute atomic E-state index is 0.623. The van der Waals surface area contributed by atoms with E-state index < -0.39 is 5.41 Å². The summed E-state index contributed by atoms with van der Waals surface area (Å²) in [5, 5.41) is 4.92. The minimum Gasteiger partial charge on any atom is -0.310 e. The van der Waals surface area contributed by atoms with Gasteiger partial charge in [0.05, 0.1) is 27.5 Å². The number of anilines is 6. The summed E-state index contributed by atoms with van der Waals surface area (Å²) in [6.07, 6.45) is 0. The van der Waals surface area contributed by atoms with Gasteiger partial charge in [0.15, 0.2) is 0 Å². The molecule has 0 bridgehead atoms. The lowest BCUT2D eigenvalue weighted by Crippen LogP contribution is -2.26. The lowest BCUT2D eigenvalue weighted by Gasteiger charge is -2.33. The van der Waals surface area contributed by atoms with Gasteiger partial charge in [-0.15, -0.1) is 0 Å². The van der Waals surface area contributed by atoms with Crippen molar-refractivity contribution < 1.29 is 0 Å². The van der Waals surface area contributed by atoms with Crippen molar-refractivity contribution in [2.24, 2.45) is 0 Å². The first kappa shape index (κ1) is 43.3. The maximum atomic E-state index is 2.50. The highest BCUT2D eigenvalue weighted by Gasteiger charge is 2.52. The molecule has 4 heteroatoms. The molecule has 0 amide bonds. The van der Waals surface area contributed by atoms with Crippen LogP contribution in [0.4, 0.5) is 34.1 Å². The van der Waals surface area contributed by atoms with Gasteiger partial charge in [0, 0.05) is 67.0 Å². The molecule has 2 aromatic heterocycles. The summed E-state index contributed by atoms with van der Waals surface area (Å²) in [5.74, 6) is 0. The van der Waals surface area contributed by atoms with Gasteiger partial charge in [-0.2, -0.15) is 0 Å². The highest BCUT2D eigenvalue weighted by molar-refractivity contribution is 6.12. The van der Waals surface area contributed by atoms with Gasteiger partial charge in [0.1, 0.15) is 0 Å². The van der Waals surface area contributed by atoms with Crippen LogP contribution in [-0.2, 0) is 5.41 Å². The Morgan fingerprint density at radius 2 is 0.545 bits per heavy atom. The van der Waals surface area contributed by atoms with Gasteiger partial charge in [-0.3, -0.25) is 0 Å². The molecule has 0 unspecified atom stereocenters. The fourth-order valence-corrected chi connectivity index (χ4v) is 13.3. The lowest BCUT2D eigenvalue weighted by atomic mass is 9.70. The summed E-state index contributed by atoms with van der Waals surface area (Å²) in [4.78, 5) is 4.90. The summed E-state index contributed by atoms with van der Waals surface area (Å²) >= 11 is 0. The zero-order valence-corrected chi connectivity index (χ0v) is 42.0. The van der Waals surface area contributed by atoms with Crippen molar-refractivity contribution in [2.45, 2.75) is 5.41 Å². The third kappa shape index (κ3) is 6.33. The first-order valence-electron chi connectivity index (χ1n) is 26.6. The Morgan fingerprint density at radius 3 is 0.987 bits per heavy atom. The van der Waals surface area contributed by atoms with Gasteiger partial charge in [0.25, 0.3) is 0 Å². The SMILES string of the molecule is c1ccc(N(c2ccc3c(c2)C2(c4ccccc4-c4ccccc42)c2cc(N(c4ccccc4)c4ccc5c6ccccc6n(-c6ccccc6)c5c4)ccc2-3)c2ccc3c4ccccc4n(-c4ccccc4)c3c2)cc1. The minimum atomic E-state index is -0.623. The molecule has 4 nitrogen and oxygen atoms in total. The van der Waals surface area contributed by atoms with Crippen molar-refractivity contribution in [3.8, 4) is 33.6 Å². The molecule has 0 atom stereocenters. The summed E-state index contributed by atoms with van der Waals surface area (Å²) in [6.45, 7) is 0. The van der Waals surface area contributed by atoms with Gasteiger partial charge in [-0.05, 0) is 154 Å². The van der Waals surface area contributed by atoms with Gasteiger partial charge < -0.3 is 18.9 Å². The number of rotatable bonds is 8. The Hall–Kier alpha value is -10.2. The summed E-state index contributed by atoms with van der Waals surface area (Å²) in [7, 11) is 0. The quantitative estimate of drug-likeness (QED) is 0.151. The average Bonchev–Trinajstić information content (AvgIpc) is 3.56. The van der Waals surface area contributed by atoms with Crippen LogP contribution in [0.3, 0.4) is 0 Å². The number of aromatic nitrogens is 2. The number of para-hydroxylation sites is 6. The van der Waals surface area contributed by atoms with E-state index in [1.165, 1.54) is 77.1 Å². The van der Waals surface area contributed by atoms with Crippen LogP contribution in [0.25, 0.3) is 77.2 Å². The lowest BCUT2D eigenvalue weighted by molar-refractivity contribution is 0.793. The molecule has 0 fully saturated rings. The summed E-state index contributed by atoms with van der Waals surface area (Å²) < 4.78 is 4.82. The third-order valence-corrected chi connectivity index (χ3v) is 16.5. The molecule has 0 saturated heterocycles. The molecule has 77 heavy (non-hydrogen) atoms. The van der Waals surface area contributed by atoms with E-state index in [1.807, 2.05) is 0 Å². The molecule has 14 aromatic rings. The zero-order chi connectivity index (χ0) is 50.6. The molecular formula is C73H48N4. The largest absolute Gasteiger partial charge is 0.310 e. The molecule has 0 saturated carbocycles. The second-order valence-electron chi connectivity index (χ2n) is 20.4. The third-order valence-electron chi connectivity index (χ3n) is 16.5. The van der Waals surface area contributed by atoms with Gasteiger partial charge in [0.2, 0.25) is 0 Å². The van der Waals surface area contributed by atoms with Crippen LogP contribution in [0.2, 0.25) is 0 Å². The Balaban J connectivity index is 0.924. The average molecular weight is 981 g/mol. The van der Waals surface area contributed by atoms with Crippen LogP contribution in [0, 0.1) is 0 Å². The Morgan fingerprint density at radius 1 is 0.221 bits per heavy atom. The Bertz CT molecular complexity index is 4330. The summed E-state index contributed by atoms with van der Waals surface area (Å²) in [5.41, 5.74) is 23.1. The molecule has 0 radical (unpaired) electrons. The van der Waals surface area contributed by atoms with E-state index >= 15 is 0 Å². The van der Waals surface area contributed by atoms with Crippen LogP contribution >= 0.6 is 0 Å². The molecular weight excluding hydrogens is 933 g/mol. The maximum absolute atomic E-state index is 2.50. The molecule has 2 aliphatic rings. The summed E-state index contributed by atoms with van der Waals surface area (Å²) in [6, 6.07) is 108. The first-order chi connectivity index (χ1) is 38.2. The predicted octanol–water partition coefficient (Wildman–Crippen LogP) is 19.2. The van der Waals surface area contributed by atoms with Crippen LogP contribution < -0.4 is 9.80 Å². The van der Waals surface area contributed by atoms with E-state index in [1.54, 1.807) is 0 Å². The van der Waals surface area contributed by atoms with E-state index in [0.717, 1.165) is 56.5 Å². The topological polar surface area (TPSA) is 16.3 Å². The highest BCUT2D eigenvalue weighted by Crippen LogP contribution is 2.64.